The summed E-state index contributed by atoms with van der Waals surface area (Å²) in [5.74, 6) is 1.58. The summed E-state index contributed by atoms with van der Waals surface area (Å²) in [6, 6.07) is 0. The van der Waals surface area contributed by atoms with Crippen LogP contribution in [0.15, 0.2) is 0 Å². The lowest BCUT2D eigenvalue weighted by atomic mass is 10.2. The molecule has 1 aromatic heterocycles. The summed E-state index contributed by atoms with van der Waals surface area (Å²) in [7, 11) is 1.76. The number of aromatic nitrogens is 2. The lowest BCUT2D eigenvalue weighted by Crippen LogP contribution is -2.11. The Balaban J connectivity index is 2.01. The van der Waals surface area contributed by atoms with Gasteiger partial charge in [0.05, 0.1) is 0 Å². The summed E-state index contributed by atoms with van der Waals surface area (Å²) in [4.78, 5) is 7.95. The van der Waals surface area contributed by atoms with Gasteiger partial charge in [-0.1, -0.05) is 12.2 Å². The van der Waals surface area contributed by atoms with E-state index in [0.29, 0.717) is 5.92 Å². The quantitative estimate of drug-likeness (QED) is 0.820. The molecule has 1 heterocycles. The smallest absolute Gasteiger partial charge is 0.137 e. The third-order valence-corrected chi connectivity index (χ3v) is 3.89. The van der Waals surface area contributed by atoms with E-state index in [-0.39, 0.29) is 6.10 Å². The molecule has 86 valence electrons. The van der Waals surface area contributed by atoms with E-state index in [0.717, 1.165) is 23.3 Å². The van der Waals surface area contributed by atoms with Crippen LogP contribution in [0.2, 0.25) is 0 Å². The van der Waals surface area contributed by atoms with Crippen LogP contribution in [-0.2, 0) is 17.6 Å². The molecular formula is C12H16N2OS. The number of nitrogens with one attached hydrogen (secondary N) is 1. The number of ether oxygens (including phenoxy) is 1. The Morgan fingerprint density at radius 1 is 1.44 bits per heavy atom. The summed E-state index contributed by atoms with van der Waals surface area (Å²) in [5.41, 5.74) is 2.54. The highest BCUT2D eigenvalue weighted by Crippen LogP contribution is 2.42. The number of nitrogens with zero attached hydrogens (tertiary/aromatic N) is 1. The Morgan fingerprint density at radius 3 is 2.94 bits per heavy atom. The second-order valence-electron chi connectivity index (χ2n) is 4.73. The zero-order valence-corrected chi connectivity index (χ0v) is 10.3. The Morgan fingerprint density at radius 2 is 2.25 bits per heavy atom. The molecule has 1 saturated carbocycles. The Labute approximate surface area is 100 Å². The molecule has 0 aliphatic heterocycles. The van der Waals surface area contributed by atoms with Crippen LogP contribution in [-0.4, -0.2) is 17.1 Å². The van der Waals surface area contributed by atoms with E-state index in [1.54, 1.807) is 7.11 Å². The van der Waals surface area contributed by atoms with Crippen molar-refractivity contribution in [3.05, 3.63) is 21.7 Å². The number of hydrogen-bond acceptors (Lipinski definition) is 3. The fourth-order valence-corrected chi connectivity index (χ4v) is 2.86. The van der Waals surface area contributed by atoms with Crippen molar-refractivity contribution in [3.8, 4) is 0 Å². The number of aromatic amines is 1. The highest BCUT2D eigenvalue weighted by Gasteiger charge is 2.34. The first-order chi connectivity index (χ1) is 7.79. The van der Waals surface area contributed by atoms with Gasteiger partial charge in [-0.25, -0.2) is 4.98 Å². The molecule has 3 rings (SSSR count). The van der Waals surface area contributed by atoms with Crippen LogP contribution in [0.1, 0.15) is 42.4 Å². The Kier molecular flexibility index (Phi) is 2.56. The van der Waals surface area contributed by atoms with Crippen LogP contribution < -0.4 is 0 Å². The molecule has 1 unspecified atom stereocenters. The second kappa shape index (κ2) is 3.93. The summed E-state index contributed by atoms with van der Waals surface area (Å²) in [5, 5.41) is 0. The second-order valence-corrected chi connectivity index (χ2v) is 5.12. The maximum Gasteiger partial charge on any atom is 0.137 e. The topological polar surface area (TPSA) is 37.9 Å². The van der Waals surface area contributed by atoms with Crippen molar-refractivity contribution in [3.63, 3.8) is 0 Å². The molecule has 3 nitrogen and oxygen atoms in total. The molecule has 1 N–H and O–H groups in total. The van der Waals surface area contributed by atoms with Crippen molar-refractivity contribution < 1.29 is 4.74 Å². The van der Waals surface area contributed by atoms with Crippen LogP contribution in [0.4, 0.5) is 0 Å². The normalized spacial score (nSPS) is 20.8. The molecule has 0 amide bonds. The van der Waals surface area contributed by atoms with Gasteiger partial charge in [0.15, 0.2) is 0 Å². The zero-order chi connectivity index (χ0) is 11.1. The first kappa shape index (κ1) is 10.4. The monoisotopic (exact) mass is 236 g/mol. The predicted octanol–water partition coefficient (Wildman–Crippen LogP) is 2.73. The van der Waals surface area contributed by atoms with Gasteiger partial charge < -0.3 is 9.72 Å². The summed E-state index contributed by atoms with van der Waals surface area (Å²) in [6.07, 6.45) is 6.00. The average Bonchev–Trinajstić information content (AvgIpc) is 2.96. The summed E-state index contributed by atoms with van der Waals surface area (Å²) in [6.45, 7) is 0. The minimum absolute atomic E-state index is 0.118. The van der Waals surface area contributed by atoms with E-state index in [1.807, 2.05) is 0 Å². The van der Waals surface area contributed by atoms with Crippen molar-refractivity contribution >= 4 is 12.2 Å². The van der Waals surface area contributed by atoms with Crippen molar-refractivity contribution in [2.24, 2.45) is 5.92 Å². The molecule has 0 spiro atoms. The predicted molar refractivity (Wildman–Crippen MR) is 63.9 cm³/mol. The number of aryl methyl sites for hydroxylation is 1. The molecule has 16 heavy (non-hydrogen) atoms. The molecule has 0 bridgehead atoms. The molecule has 1 fully saturated rings. The van der Waals surface area contributed by atoms with Crippen molar-refractivity contribution in [2.75, 3.05) is 7.11 Å². The van der Waals surface area contributed by atoms with Crippen LogP contribution in [0.3, 0.4) is 0 Å². The number of H-pyrrole nitrogens is 1. The number of hydrogen-bond donors (Lipinski definition) is 1. The van der Waals surface area contributed by atoms with E-state index in [9.17, 15) is 0 Å². The summed E-state index contributed by atoms with van der Waals surface area (Å²) >= 11 is 5.35. The largest absolute Gasteiger partial charge is 0.373 e. The fourth-order valence-electron chi connectivity index (χ4n) is 2.54. The van der Waals surface area contributed by atoms with Gasteiger partial charge in [-0.2, -0.15) is 0 Å². The maximum atomic E-state index is 5.54. The van der Waals surface area contributed by atoms with Gasteiger partial charge in [0, 0.05) is 18.4 Å². The molecule has 1 aromatic rings. The maximum absolute atomic E-state index is 5.54. The van der Waals surface area contributed by atoms with Crippen molar-refractivity contribution in [1.29, 1.82) is 0 Å². The molecule has 0 radical (unpaired) electrons. The Bertz CT molecular complexity index is 465. The first-order valence-corrected chi connectivity index (χ1v) is 6.35. The van der Waals surface area contributed by atoms with Crippen molar-refractivity contribution in [1.82, 2.24) is 9.97 Å². The lowest BCUT2D eigenvalue weighted by Gasteiger charge is -2.15. The van der Waals surface area contributed by atoms with Crippen LogP contribution in [0, 0.1) is 10.6 Å². The van der Waals surface area contributed by atoms with E-state index in [1.165, 1.54) is 30.5 Å². The fraction of sp³-hybridized carbons (Fsp3) is 0.667. The highest BCUT2D eigenvalue weighted by atomic mass is 32.1. The molecule has 1 atom stereocenters. The van der Waals surface area contributed by atoms with Gasteiger partial charge in [-0.3, -0.25) is 0 Å². The van der Waals surface area contributed by atoms with Gasteiger partial charge >= 0.3 is 0 Å². The van der Waals surface area contributed by atoms with E-state index in [4.69, 9.17) is 17.0 Å². The van der Waals surface area contributed by atoms with Gasteiger partial charge in [0.1, 0.15) is 16.6 Å². The summed E-state index contributed by atoms with van der Waals surface area (Å²) < 4.78 is 6.32. The van der Waals surface area contributed by atoms with Crippen LogP contribution >= 0.6 is 12.2 Å². The van der Waals surface area contributed by atoms with E-state index >= 15 is 0 Å². The minimum atomic E-state index is 0.118. The van der Waals surface area contributed by atoms with Crippen LogP contribution in [0.5, 0.6) is 0 Å². The average molecular weight is 236 g/mol. The lowest BCUT2D eigenvalue weighted by molar-refractivity contribution is 0.0769. The SMILES string of the molecule is COC(c1nc(=S)c2c([nH]1)CCC2)C1CC1. The molecule has 4 heteroatoms. The first-order valence-electron chi connectivity index (χ1n) is 5.94. The third-order valence-electron chi connectivity index (χ3n) is 3.55. The number of methoxy groups -OCH3 is 1. The number of fused-ring (bicyclic) bond motifs is 1. The molecule has 2 aliphatic rings. The minimum Gasteiger partial charge on any atom is -0.373 e. The van der Waals surface area contributed by atoms with E-state index in [2.05, 4.69) is 9.97 Å². The highest BCUT2D eigenvalue weighted by molar-refractivity contribution is 7.71. The molecule has 2 aliphatic carbocycles. The zero-order valence-electron chi connectivity index (χ0n) is 9.45. The molecule has 0 aromatic carbocycles. The number of rotatable bonds is 3. The van der Waals surface area contributed by atoms with Gasteiger partial charge in [-0.15, -0.1) is 0 Å². The van der Waals surface area contributed by atoms with Gasteiger partial charge in [-0.05, 0) is 38.0 Å². The third kappa shape index (κ3) is 1.70. The molecule has 0 saturated heterocycles. The van der Waals surface area contributed by atoms with Gasteiger partial charge in [0.25, 0.3) is 0 Å². The van der Waals surface area contributed by atoms with Gasteiger partial charge in [0.2, 0.25) is 0 Å². The van der Waals surface area contributed by atoms with Crippen molar-refractivity contribution in [2.45, 2.75) is 38.2 Å². The standard InChI is InChI=1S/C12H16N2OS/c1-15-10(7-5-6-7)11-13-9-4-2-3-8(9)12(16)14-11/h7,10H,2-6H2,1H3,(H,13,14,16). The molecular weight excluding hydrogens is 220 g/mol. The Hall–Kier alpha value is -0.740. The van der Waals surface area contributed by atoms with Crippen LogP contribution in [0.25, 0.3) is 0 Å². The van der Waals surface area contributed by atoms with E-state index < -0.39 is 0 Å².